The van der Waals surface area contributed by atoms with Crippen molar-refractivity contribution in [2.24, 2.45) is 0 Å². The van der Waals surface area contributed by atoms with Gasteiger partial charge in [0.25, 0.3) is 0 Å². The third-order valence-electron chi connectivity index (χ3n) is 4.04. The van der Waals surface area contributed by atoms with Crippen molar-refractivity contribution < 1.29 is 0 Å². The molecule has 0 radical (unpaired) electrons. The summed E-state index contributed by atoms with van der Waals surface area (Å²) >= 11 is 1.65. The van der Waals surface area contributed by atoms with Crippen LogP contribution in [0.1, 0.15) is 36.9 Å². The van der Waals surface area contributed by atoms with E-state index in [0.29, 0.717) is 0 Å². The number of anilines is 1. The molecule has 1 N–H and O–H groups in total. The summed E-state index contributed by atoms with van der Waals surface area (Å²) in [7, 11) is 0. The van der Waals surface area contributed by atoms with Gasteiger partial charge in [-0.15, -0.1) is 11.3 Å². The van der Waals surface area contributed by atoms with E-state index < -0.39 is 0 Å². The predicted molar refractivity (Wildman–Crippen MR) is 115 cm³/mol. The van der Waals surface area contributed by atoms with Gasteiger partial charge in [-0.2, -0.15) is 0 Å². The SMILES string of the molecule is Cc1cc(-c2nc3cnccn3c2NC(C)(C)C)sc1C#Cc1ccccn1. The maximum Gasteiger partial charge on any atom is 0.157 e. The Balaban J connectivity index is 1.79. The molecular weight excluding hydrogens is 366 g/mol. The summed E-state index contributed by atoms with van der Waals surface area (Å²) in [4.78, 5) is 15.4. The summed E-state index contributed by atoms with van der Waals surface area (Å²) in [5.74, 6) is 7.37. The third kappa shape index (κ3) is 3.75. The number of aromatic nitrogens is 4. The van der Waals surface area contributed by atoms with E-state index in [-0.39, 0.29) is 5.54 Å². The molecule has 4 aromatic rings. The highest BCUT2D eigenvalue weighted by atomic mass is 32.1. The quantitative estimate of drug-likeness (QED) is 0.503. The van der Waals surface area contributed by atoms with Crippen LogP contribution in [0, 0.1) is 18.8 Å². The average Bonchev–Trinajstić information content (AvgIpc) is 3.20. The lowest BCUT2D eigenvalue weighted by Gasteiger charge is -2.22. The van der Waals surface area contributed by atoms with E-state index in [1.165, 1.54) is 0 Å². The van der Waals surface area contributed by atoms with Crippen molar-refractivity contribution >= 4 is 22.8 Å². The van der Waals surface area contributed by atoms with Gasteiger partial charge in [-0.05, 0) is 63.3 Å². The van der Waals surface area contributed by atoms with E-state index in [0.717, 1.165) is 38.2 Å². The molecule has 4 aromatic heterocycles. The molecule has 0 atom stereocenters. The molecule has 6 heteroatoms. The second kappa shape index (κ2) is 7.10. The second-order valence-corrected chi connectivity index (χ2v) is 8.63. The smallest absolute Gasteiger partial charge is 0.157 e. The van der Waals surface area contributed by atoms with Crippen LogP contribution in [0.25, 0.3) is 16.2 Å². The van der Waals surface area contributed by atoms with Crippen LogP contribution in [0.15, 0.2) is 49.1 Å². The maximum absolute atomic E-state index is 4.83. The van der Waals surface area contributed by atoms with Crippen LogP contribution >= 0.6 is 11.3 Å². The molecule has 0 spiro atoms. The number of hydrogen-bond acceptors (Lipinski definition) is 5. The Morgan fingerprint density at radius 1 is 1.14 bits per heavy atom. The van der Waals surface area contributed by atoms with Crippen LogP contribution in [0.3, 0.4) is 0 Å². The number of thiophene rings is 1. The van der Waals surface area contributed by atoms with Crippen molar-refractivity contribution in [2.45, 2.75) is 33.2 Å². The van der Waals surface area contributed by atoms with Crippen LogP contribution in [-0.2, 0) is 0 Å². The molecule has 0 aliphatic heterocycles. The molecule has 4 rings (SSSR count). The topological polar surface area (TPSA) is 55.1 Å². The fourth-order valence-electron chi connectivity index (χ4n) is 2.83. The number of hydrogen-bond donors (Lipinski definition) is 1. The van der Waals surface area contributed by atoms with E-state index in [9.17, 15) is 0 Å². The first-order valence-electron chi connectivity index (χ1n) is 9.05. The lowest BCUT2D eigenvalue weighted by Crippen LogP contribution is -2.27. The minimum Gasteiger partial charge on any atom is -0.365 e. The van der Waals surface area contributed by atoms with Crippen molar-refractivity contribution in [3.63, 3.8) is 0 Å². The zero-order valence-electron chi connectivity index (χ0n) is 16.3. The van der Waals surface area contributed by atoms with Gasteiger partial charge in [0.1, 0.15) is 17.2 Å². The van der Waals surface area contributed by atoms with Crippen LogP contribution in [-0.4, -0.2) is 24.9 Å². The third-order valence-corrected chi connectivity index (χ3v) is 5.20. The largest absolute Gasteiger partial charge is 0.365 e. The van der Waals surface area contributed by atoms with Gasteiger partial charge in [0.2, 0.25) is 0 Å². The number of aryl methyl sites for hydroxylation is 1. The summed E-state index contributed by atoms with van der Waals surface area (Å²) in [6.07, 6.45) is 7.24. The highest BCUT2D eigenvalue weighted by molar-refractivity contribution is 7.16. The van der Waals surface area contributed by atoms with E-state index in [4.69, 9.17) is 4.98 Å². The number of rotatable bonds is 2. The van der Waals surface area contributed by atoms with Crippen molar-refractivity contribution in [1.82, 2.24) is 19.4 Å². The lowest BCUT2D eigenvalue weighted by atomic mass is 10.1. The molecule has 140 valence electrons. The number of pyridine rings is 1. The van der Waals surface area contributed by atoms with Crippen molar-refractivity contribution in [3.8, 4) is 22.4 Å². The van der Waals surface area contributed by atoms with Gasteiger partial charge < -0.3 is 5.32 Å². The van der Waals surface area contributed by atoms with Gasteiger partial charge >= 0.3 is 0 Å². The summed E-state index contributed by atoms with van der Waals surface area (Å²) < 4.78 is 2.04. The van der Waals surface area contributed by atoms with E-state index in [2.05, 4.69) is 60.9 Å². The lowest BCUT2D eigenvalue weighted by molar-refractivity contribution is 0.629. The molecule has 0 aliphatic rings. The zero-order valence-corrected chi connectivity index (χ0v) is 17.1. The van der Waals surface area contributed by atoms with Gasteiger partial charge in [-0.25, -0.2) is 9.97 Å². The first kappa shape index (κ1) is 18.2. The Kier molecular flexibility index (Phi) is 4.62. The minimum absolute atomic E-state index is 0.0953. The van der Waals surface area contributed by atoms with Crippen LogP contribution in [0.2, 0.25) is 0 Å². The summed E-state index contributed by atoms with van der Waals surface area (Å²) in [5, 5.41) is 3.59. The number of nitrogens with one attached hydrogen (secondary N) is 1. The molecule has 4 heterocycles. The molecule has 0 saturated carbocycles. The normalized spacial score (nSPS) is 11.3. The molecule has 0 saturated heterocycles. The fraction of sp³-hybridized carbons (Fsp3) is 0.227. The zero-order chi connectivity index (χ0) is 19.7. The number of nitrogens with zero attached hydrogens (tertiary/aromatic N) is 4. The van der Waals surface area contributed by atoms with E-state index in [1.807, 2.05) is 28.8 Å². The molecular formula is C22H21N5S. The van der Waals surface area contributed by atoms with Crippen molar-refractivity contribution in [2.75, 3.05) is 5.32 Å². The molecule has 0 fully saturated rings. The molecule has 0 aromatic carbocycles. The Morgan fingerprint density at radius 2 is 2.00 bits per heavy atom. The van der Waals surface area contributed by atoms with Gasteiger partial charge in [0.05, 0.1) is 16.0 Å². The maximum atomic E-state index is 4.83. The minimum atomic E-state index is -0.0953. The van der Waals surface area contributed by atoms with E-state index in [1.54, 1.807) is 29.9 Å². The summed E-state index contributed by atoms with van der Waals surface area (Å²) in [6, 6.07) is 7.90. The monoisotopic (exact) mass is 387 g/mol. The molecule has 0 bridgehead atoms. The standard InChI is InChI=1S/C22H21N5S/c1-15-13-18(28-17(15)9-8-16-7-5-6-10-24-16)20-21(26-22(2,3)4)27-12-11-23-14-19(27)25-20/h5-7,10-14,26H,1-4H3. The molecule has 0 unspecified atom stereocenters. The number of fused-ring (bicyclic) bond motifs is 1. The van der Waals surface area contributed by atoms with E-state index >= 15 is 0 Å². The van der Waals surface area contributed by atoms with Crippen LogP contribution in [0.5, 0.6) is 0 Å². The highest BCUT2D eigenvalue weighted by Crippen LogP contribution is 2.36. The van der Waals surface area contributed by atoms with Crippen LogP contribution in [0.4, 0.5) is 5.82 Å². The fourth-order valence-corrected chi connectivity index (χ4v) is 3.85. The van der Waals surface area contributed by atoms with Crippen molar-refractivity contribution in [3.05, 3.63) is 65.2 Å². The van der Waals surface area contributed by atoms with Crippen molar-refractivity contribution in [1.29, 1.82) is 0 Å². The summed E-state index contributed by atoms with van der Waals surface area (Å²) in [6.45, 7) is 8.50. The average molecular weight is 388 g/mol. The Bertz CT molecular complexity index is 1190. The Labute approximate surface area is 168 Å². The summed E-state index contributed by atoms with van der Waals surface area (Å²) in [5.41, 5.74) is 3.55. The number of imidazole rings is 1. The first-order valence-corrected chi connectivity index (χ1v) is 9.86. The molecule has 0 amide bonds. The van der Waals surface area contributed by atoms with Crippen LogP contribution < -0.4 is 5.32 Å². The Hall–Kier alpha value is -3.17. The van der Waals surface area contributed by atoms with Gasteiger partial charge in [0, 0.05) is 24.1 Å². The Morgan fingerprint density at radius 3 is 2.75 bits per heavy atom. The molecule has 28 heavy (non-hydrogen) atoms. The van der Waals surface area contributed by atoms with Gasteiger partial charge in [-0.3, -0.25) is 9.38 Å². The molecule has 0 aliphatic carbocycles. The predicted octanol–water partition coefficient (Wildman–Crippen LogP) is 4.77. The first-order chi connectivity index (χ1) is 13.4. The highest BCUT2D eigenvalue weighted by Gasteiger charge is 2.21. The van der Waals surface area contributed by atoms with Gasteiger partial charge in [-0.1, -0.05) is 6.07 Å². The molecule has 5 nitrogen and oxygen atoms in total. The van der Waals surface area contributed by atoms with Gasteiger partial charge in [0.15, 0.2) is 5.65 Å². The second-order valence-electron chi connectivity index (χ2n) is 7.58.